The van der Waals surface area contributed by atoms with E-state index in [1.165, 1.54) is 27.9 Å². The standard InChI is InChI=1S/C13H13N5O4S2/c14-24(21,22)10-3-1-9(2-4-10)5-6-15-11-12(18(19)20)17-7-8-23-13(17)16-11/h1-4,7-8,15H,5-6H2,(H2,14,21,22). The number of rotatable bonds is 6. The monoisotopic (exact) mass is 367 g/mol. The molecule has 0 aliphatic rings. The summed E-state index contributed by atoms with van der Waals surface area (Å²) in [5, 5.41) is 20.9. The average Bonchev–Trinajstić information content (AvgIpc) is 3.06. The molecular weight excluding hydrogens is 354 g/mol. The first kappa shape index (κ1) is 16.4. The molecule has 0 bridgehead atoms. The van der Waals surface area contributed by atoms with Gasteiger partial charge in [0, 0.05) is 11.9 Å². The molecule has 2 heterocycles. The maximum absolute atomic E-state index is 11.2. The first-order chi connectivity index (χ1) is 11.4. The number of imidazole rings is 1. The molecule has 0 saturated carbocycles. The van der Waals surface area contributed by atoms with Crippen molar-refractivity contribution in [1.82, 2.24) is 9.38 Å². The largest absolute Gasteiger partial charge is 0.372 e. The normalized spacial score (nSPS) is 11.7. The summed E-state index contributed by atoms with van der Waals surface area (Å²) in [4.78, 5) is 15.5. The molecule has 11 heteroatoms. The van der Waals surface area contributed by atoms with Crippen LogP contribution in [0.15, 0.2) is 40.7 Å². The van der Waals surface area contributed by atoms with Crippen LogP contribution < -0.4 is 10.5 Å². The zero-order valence-electron chi connectivity index (χ0n) is 12.2. The number of sulfonamides is 1. The van der Waals surface area contributed by atoms with Crippen LogP contribution in [0, 0.1) is 10.1 Å². The Hall–Kier alpha value is -2.50. The highest BCUT2D eigenvalue weighted by atomic mass is 32.2. The van der Waals surface area contributed by atoms with Crippen molar-refractivity contribution in [2.75, 3.05) is 11.9 Å². The molecular formula is C13H13N5O4S2. The van der Waals surface area contributed by atoms with Gasteiger partial charge in [-0.3, -0.25) is 0 Å². The van der Waals surface area contributed by atoms with Crippen LogP contribution in [0.4, 0.5) is 11.6 Å². The molecule has 0 aliphatic carbocycles. The summed E-state index contributed by atoms with van der Waals surface area (Å²) >= 11 is 1.31. The van der Waals surface area contributed by atoms with Gasteiger partial charge >= 0.3 is 5.82 Å². The van der Waals surface area contributed by atoms with Gasteiger partial charge in [-0.1, -0.05) is 23.5 Å². The van der Waals surface area contributed by atoms with E-state index >= 15 is 0 Å². The first-order valence-corrected chi connectivity index (χ1v) is 9.24. The van der Waals surface area contributed by atoms with Crippen LogP contribution in [0.5, 0.6) is 0 Å². The van der Waals surface area contributed by atoms with Crippen molar-refractivity contribution in [1.29, 1.82) is 0 Å². The van der Waals surface area contributed by atoms with Crippen LogP contribution in [-0.4, -0.2) is 29.3 Å². The molecule has 24 heavy (non-hydrogen) atoms. The molecule has 126 valence electrons. The molecule has 0 radical (unpaired) electrons. The van der Waals surface area contributed by atoms with Crippen molar-refractivity contribution >= 4 is 38.0 Å². The van der Waals surface area contributed by atoms with Crippen LogP contribution in [0.25, 0.3) is 4.96 Å². The topological polar surface area (TPSA) is 133 Å². The number of primary sulfonamides is 1. The third-order valence-corrected chi connectivity index (χ3v) is 5.05. The Morgan fingerprint density at radius 1 is 1.33 bits per heavy atom. The van der Waals surface area contributed by atoms with Crippen molar-refractivity contribution in [3.63, 3.8) is 0 Å². The van der Waals surface area contributed by atoms with Gasteiger partial charge in [-0.2, -0.15) is 9.38 Å². The summed E-state index contributed by atoms with van der Waals surface area (Å²) in [7, 11) is -3.71. The Bertz CT molecular complexity index is 991. The van der Waals surface area contributed by atoms with E-state index in [1.807, 2.05) is 0 Å². The van der Waals surface area contributed by atoms with Crippen LogP contribution in [-0.2, 0) is 16.4 Å². The highest BCUT2D eigenvalue weighted by molar-refractivity contribution is 7.89. The zero-order valence-corrected chi connectivity index (χ0v) is 13.9. The van der Waals surface area contributed by atoms with Crippen LogP contribution in [0.3, 0.4) is 0 Å². The van der Waals surface area contributed by atoms with Crippen LogP contribution >= 0.6 is 11.3 Å². The van der Waals surface area contributed by atoms with Gasteiger partial charge in [-0.05, 0) is 29.0 Å². The van der Waals surface area contributed by atoms with E-state index in [1.54, 1.807) is 23.7 Å². The highest BCUT2D eigenvalue weighted by Gasteiger charge is 2.23. The molecule has 9 nitrogen and oxygen atoms in total. The summed E-state index contributed by atoms with van der Waals surface area (Å²) in [6.45, 7) is 0.417. The number of benzene rings is 1. The van der Waals surface area contributed by atoms with E-state index in [9.17, 15) is 18.5 Å². The lowest BCUT2D eigenvalue weighted by atomic mass is 10.1. The molecule has 3 rings (SSSR count). The number of nitrogens with one attached hydrogen (secondary N) is 1. The average molecular weight is 367 g/mol. The second kappa shape index (κ2) is 6.19. The smallest absolute Gasteiger partial charge is 0.363 e. The van der Waals surface area contributed by atoms with Gasteiger partial charge in [0.05, 0.1) is 4.90 Å². The SMILES string of the molecule is NS(=O)(=O)c1ccc(CCNc2nc3sccn3c2[N+](=O)[O-])cc1. The van der Waals surface area contributed by atoms with E-state index in [0.29, 0.717) is 17.9 Å². The fourth-order valence-corrected chi connectivity index (χ4v) is 3.46. The van der Waals surface area contributed by atoms with E-state index in [2.05, 4.69) is 10.3 Å². The quantitative estimate of drug-likeness (QED) is 0.502. The van der Waals surface area contributed by atoms with Crippen LogP contribution in [0.2, 0.25) is 0 Å². The Morgan fingerprint density at radius 2 is 2.04 bits per heavy atom. The minimum absolute atomic E-state index is 0.0455. The number of anilines is 1. The Kier molecular flexibility index (Phi) is 4.22. The Balaban J connectivity index is 1.70. The predicted molar refractivity (Wildman–Crippen MR) is 89.7 cm³/mol. The third kappa shape index (κ3) is 3.22. The zero-order chi connectivity index (χ0) is 17.3. The van der Waals surface area contributed by atoms with Crippen molar-refractivity contribution in [3.8, 4) is 0 Å². The molecule has 1 aromatic carbocycles. The van der Waals surface area contributed by atoms with Gasteiger partial charge in [0.2, 0.25) is 15.8 Å². The molecule has 0 saturated heterocycles. The molecule has 0 aliphatic heterocycles. The van der Waals surface area contributed by atoms with Gasteiger partial charge in [-0.15, -0.1) is 0 Å². The number of thiazole rings is 1. The molecule has 0 unspecified atom stereocenters. The second-order valence-electron chi connectivity index (χ2n) is 4.96. The predicted octanol–water partition coefficient (Wildman–Crippen LogP) is 1.61. The minimum atomic E-state index is -3.71. The van der Waals surface area contributed by atoms with E-state index in [0.717, 1.165) is 5.56 Å². The third-order valence-electron chi connectivity index (χ3n) is 3.37. The summed E-state index contributed by atoms with van der Waals surface area (Å²) in [6.07, 6.45) is 2.15. The van der Waals surface area contributed by atoms with Crippen molar-refractivity contribution in [2.24, 2.45) is 5.14 Å². The maximum Gasteiger partial charge on any atom is 0.372 e. The van der Waals surface area contributed by atoms with E-state index in [-0.39, 0.29) is 16.5 Å². The fraction of sp³-hybridized carbons (Fsp3) is 0.154. The number of fused-ring (bicyclic) bond motifs is 1. The maximum atomic E-state index is 11.2. The van der Waals surface area contributed by atoms with Gasteiger partial charge in [-0.25, -0.2) is 13.6 Å². The first-order valence-electron chi connectivity index (χ1n) is 6.82. The summed E-state index contributed by atoms with van der Waals surface area (Å²) in [5.74, 6) is 0.115. The van der Waals surface area contributed by atoms with E-state index in [4.69, 9.17) is 5.14 Å². The molecule has 3 aromatic rings. The van der Waals surface area contributed by atoms with Gasteiger partial charge in [0.1, 0.15) is 6.20 Å². The number of nitrogens with zero attached hydrogens (tertiary/aromatic N) is 3. The van der Waals surface area contributed by atoms with Crippen molar-refractivity contribution in [2.45, 2.75) is 11.3 Å². The van der Waals surface area contributed by atoms with E-state index < -0.39 is 14.9 Å². The molecule has 0 atom stereocenters. The number of aromatic nitrogens is 2. The van der Waals surface area contributed by atoms with Gasteiger partial charge in [0.25, 0.3) is 4.96 Å². The second-order valence-corrected chi connectivity index (χ2v) is 7.40. The number of hydrogen-bond acceptors (Lipinski definition) is 7. The molecule has 0 spiro atoms. The van der Waals surface area contributed by atoms with Crippen molar-refractivity contribution < 1.29 is 13.3 Å². The number of hydrogen-bond donors (Lipinski definition) is 2. The summed E-state index contributed by atoms with van der Waals surface area (Å²) in [6, 6.07) is 6.17. The van der Waals surface area contributed by atoms with Crippen molar-refractivity contribution in [3.05, 3.63) is 51.5 Å². The molecule has 0 amide bonds. The van der Waals surface area contributed by atoms with Gasteiger partial charge in [0.15, 0.2) is 0 Å². The molecule has 3 N–H and O–H groups in total. The van der Waals surface area contributed by atoms with Gasteiger partial charge < -0.3 is 15.4 Å². The molecule has 2 aromatic heterocycles. The lowest BCUT2D eigenvalue weighted by Crippen LogP contribution is -2.12. The lowest BCUT2D eigenvalue weighted by molar-refractivity contribution is -0.389. The fourth-order valence-electron chi connectivity index (χ4n) is 2.24. The Morgan fingerprint density at radius 3 is 2.67 bits per heavy atom. The lowest BCUT2D eigenvalue weighted by Gasteiger charge is -2.05. The minimum Gasteiger partial charge on any atom is -0.363 e. The summed E-state index contributed by atoms with van der Waals surface area (Å²) < 4.78 is 23.8. The number of nitro groups is 1. The Labute approximate surface area is 141 Å². The van der Waals surface area contributed by atoms with Crippen LogP contribution in [0.1, 0.15) is 5.56 Å². The summed E-state index contributed by atoms with van der Waals surface area (Å²) in [5.41, 5.74) is 0.874. The number of nitrogens with two attached hydrogens (primary N) is 1. The molecule has 0 fully saturated rings. The highest BCUT2D eigenvalue weighted by Crippen LogP contribution is 2.27.